The van der Waals surface area contributed by atoms with E-state index in [1.54, 1.807) is 24.1 Å². The van der Waals surface area contributed by atoms with Crippen molar-refractivity contribution in [3.8, 4) is 5.75 Å². The van der Waals surface area contributed by atoms with Crippen molar-refractivity contribution in [1.29, 1.82) is 0 Å². The molecule has 0 saturated heterocycles. The molecule has 1 amide bonds. The Morgan fingerprint density at radius 2 is 1.65 bits per heavy atom. The molecule has 0 unspecified atom stereocenters. The average molecular weight is 387 g/mol. The predicted octanol–water partition coefficient (Wildman–Crippen LogP) is 3.99. The molecule has 0 atom stereocenters. The molecule has 8 heteroatoms. The maximum atomic E-state index is 12.1. The first kappa shape index (κ1) is 20.1. The molecule has 0 heterocycles. The molecule has 0 aliphatic carbocycles. The van der Waals surface area contributed by atoms with Crippen LogP contribution in [0, 0.1) is 0 Å². The minimum absolute atomic E-state index is 0.153. The fraction of sp³-hybridized carbons (Fsp3) is 0.278. The first-order valence-corrected chi connectivity index (χ1v) is 8.13. The Hall–Kier alpha value is -2.25. The van der Waals surface area contributed by atoms with Crippen LogP contribution in [0.4, 0.5) is 13.2 Å². The standard InChI is InChI=1S/C18H18ClF3N2O2/c1-24(11-14-4-8-16(9-5-14)26-18(20,21)22)12-17(25)23-10-13-2-6-15(19)7-3-13/h2-9H,10-12H2,1H3,(H,23,25). The second-order valence-corrected chi connectivity index (χ2v) is 6.20. The average Bonchev–Trinajstić information content (AvgIpc) is 2.55. The third-order valence-electron chi connectivity index (χ3n) is 3.43. The number of hydrogen-bond acceptors (Lipinski definition) is 3. The van der Waals surface area contributed by atoms with E-state index >= 15 is 0 Å². The second kappa shape index (κ2) is 8.91. The summed E-state index contributed by atoms with van der Waals surface area (Å²) in [5.74, 6) is -0.427. The summed E-state index contributed by atoms with van der Waals surface area (Å²) in [5, 5.41) is 3.43. The number of nitrogens with zero attached hydrogens (tertiary/aromatic N) is 1. The van der Waals surface area contributed by atoms with E-state index in [-0.39, 0.29) is 18.2 Å². The van der Waals surface area contributed by atoms with Crippen LogP contribution in [-0.4, -0.2) is 30.8 Å². The van der Waals surface area contributed by atoms with E-state index in [0.29, 0.717) is 18.1 Å². The quantitative estimate of drug-likeness (QED) is 0.782. The van der Waals surface area contributed by atoms with Gasteiger partial charge in [-0.1, -0.05) is 35.9 Å². The van der Waals surface area contributed by atoms with Gasteiger partial charge in [0.25, 0.3) is 0 Å². The maximum absolute atomic E-state index is 12.1. The summed E-state index contributed by atoms with van der Waals surface area (Å²) in [6.45, 7) is 0.975. The van der Waals surface area contributed by atoms with Gasteiger partial charge in [0.1, 0.15) is 5.75 Å². The highest BCUT2D eigenvalue weighted by molar-refractivity contribution is 6.30. The summed E-state index contributed by atoms with van der Waals surface area (Å²) >= 11 is 5.80. The van der Waals surface area contributed by atoms with Crippen molar-refractivity contribution in [3.63, 3.8) is 0 Å². The summed E-state index contributed by atoms with van der Waals surface area (Å²) in [6, 6.07) is 12.7. The number of likely N-dealkylation sites (N-methyl/N-ethyl adjacent to an activating group) is 1. The number of carbonyl (C=O) groups excluding carboxylic acids is 1. The number of alkyl halides is 3. The van der Waals surface area contributed by atoms with E-state index in [0.717, 1.165) is 11.1 Å². The Morgan fingerprint density at radius 3 is 2.23 bits per heavy atom. The van der Waals surface area contributed by atoms with Crippen LogP contribution in [0.5, 0.6) is 5.75 Å². The van der Waals surface area contributed by atoms with E-state index in [4.69, 9.17) is 11.6 Å². The SMILES string of the molecule is CN(CC(=O)NCc1ccc(Cl)cc1)Cc1ccc(OC(F)(F)F)cc1. The predicted molar refractivity (Wildman–Crippen MR) is 92.8 cm³/mol. The van der Waals surface area contributed by atoms with Crippen LogP contribution >= 0.6 is 11.6 Å². The van der Waals surface area contributed by atoms with Gasteiger partial charge < -0.3 is 10.1 Å². The van der Waals surface area contributed by atoms with E-state index in [9.17, 15) is 18.0 Å². The Balaban J connectivity index is 1.77. The lowest BCUT2D eigenvalue weighted by Crippen LogP contribution is -2.34. The number of nitrogens with one attached hydrogen (secondary N) is 1. The summed E-state index contributed by atoms with van der Waals surface area (Å²) in [4.78, 5) is 13.7. The van der Waals surface area contributed by atoms with E-state index in [1.807, 2.05) is 12.1 Å². The minimum atomic E-state index is -4.71. The highest BCUT2D eigenvalue weighted by Crippen LogP contribution is 2.22. The first-order chi connectivity index (χ1) is 12.2. The van der Waals surface area contributed by atoms with E-state index in [2.05, 4.69) is 10.1 Å². The number of halogens is 4. The molecule has 0 saturated carbocycles. The third kappa shape index (κ3) is 7.33. The fourth-order valence-electron chi connectivity index (χ4n) is 2.27. The smallest absolute Gasteiger partial charge is 0.406 e. The molecule has 2 rings (SSSR count). The van der Waals surface area contributed by atoms with Crippen LogP contribution in [-0.2, 0) is 17.9 Å². The Morgan fingerprint density at radius 1 is 1.08 bits per heavy atom. The van der Waals surface area contributed by atoms with Crippen LogP contribution in [0.25, 0.3) is 0 Å². The van der Waals surface area contributed by atoms with E-state index < -0.39 is 6.36 Å². The second-order valence-electron chi connectivity index (χ2n) is 5.77. The normalized spacial score (nSPS) is 11.5. The number of hydrogen-bond donors (Lipinski definition) is 1. The lowest BCUT2D eigenvalue weighted by Gasteiger charge is -2.17. The molecule has 0 fully saturated rings. The van der Waals surface area contributed by atoms with Crippen LogP contribution in [0.2, 0.25) is 5.02 Å². The number of amides is 1. The van der Waals surface area contributed by atoms with Crippen molar-refractivity contribution in [2.75, 3.05) is 13.6 Å². The molecule has 0 radical (unpaired) electrons. The monoisotopic (exact) mass is 386 g/mol. The minimum Gasteiger partial charge on any atom is -0.406 e. The molecule has 1 N–H and O–H groups in total. The molecule has 2 aromatic carbocycles. The molecule has 140 valence electrons. The van der Waals surface area contributed by atoms with Gasteiger partial charge in [0.15, 0.2) is 0 Å². The zero-order valence-corrected chi connectivity index (χ0v) is 14.8. The van der Waals surface area contributed by atoms with Crippen LogP contribution in [0.3, 0.4) is 0 Å². The third-order valence-corrected chi connectivity index (χ3v) is 3.68. The molecule has 2 aromatic rings. The maximum Gasteiger partial charge on any atom is 0.573 e. The van der Waals surface area contributed by atoms with Crippen molar-refractivity contribution in [1.82, 2.24) is 10.2 Å². The van der Waals surface area contributed by atoms with Crippen molar-refractivity contribution in [2.45, 2.75) is 19.5 Å². The molecule has 0 spiro atoms. The first-order valence-electron chi connectivity index (χ1n) is 7.75. The van der Waals surface area contributed by atoms with Crippen molar-refractivity contribution >= 4 is 17.5 Å². The van der Waals surface area contributed by atoms with Gasteiger partial charge in [-0.05, 0) is 42.4 Å². The molecule has 0 aliphatic rings. The van der Waals surface area contributed by atoms with Gasteiger partial charge in [-0.25, -0.2) is 0 Å². The molecule has 4 nitrogen and oxygen atoms in total. The van der Waals surface area contributed by atoms with Crippen molar-refractivity contribution in [2.24, 2.45) is 0 Å². The van der Waals surface area contributed by atoms with Gasteiger partial charge >= 0.3 is 6.36 Å². The Bertz CT molecular complexity index is 719. The highest BCUT2D eigenvalue weighted by Gasteiger charge is 2.30. The lowest BCUT2D eigenvalue weighted by molar-refractivity contribution is -0.274. The summed E-state index contributed by atoms with van der Waals surface area (Å²) in [6.07, 6.45) is -4.71. The van der Waals surface area contributed by atoms with Gasteiger partial charge in [-0.3, -0.25) is 9.69 Å². The van der Waals surface area contributed by atoms with Gasteiger partial charge in [0.2, 0.25) is 5.91 Å². The van der Waals surface area contributed by atoms with E-state index in [1.165, 1.54) is 24.3 Å². The largest absolute Gasteiger partial charge is 0.573 e. The van der Waals surface area contributed by atoms with Crippen molar-refractivity contribution in [3.05, 3.63) is 64.7 Å². The summed E-state index contributed by atoms with van der Waals surface area (Å²) in [7, 11) is 1.75. The molecule has 26 heavy (non-hydrogen) atoms. The Labute approximate surface area is 154 Å². The summed E-state index contributed by atoms with van der Waals surface area (Å²) < 4.78 is 40.2. The lowest BCUT2D eigenvalue weighted by atomic mass is 10.2. The number of carbonyl (C=O) groups is 1. The van der Waals surface area contributed by atoms with Crippen LogP contribution in [0.15, 0.2) is 48.5 Å². The van der Waals surface area contributed by atoms with Crippen LogP contribution in [0.1, 0.15) is 11.1 Å². The van der Waals surface area contributed by atoms with Crippen molar-refractivity contribution < 1.29 is 22.7 Å². The zero-order valence-electron chi connectivity index (χ0n) is 14.0. The fourth-order valence-corrected chi connectivity index (χ4v) is 2.39. The number of rotatable bonds is 7. The molecule has 0 aliphatic heterocycles. The Kier molecular flexibility index (Phi) is 6.88. The molecule has 0 bridgehead atoms. The van der Waals surface area contributed by atoms with Crippen LogP contribution < -0.4 is 10.1 Å². The zero-order chi connectivity index (χ0) is 19.2. The number of ether oxygens (including phenoxy) is 1. The molecule has 0 aromatic heterocycles. The number of benzene rings is 2. The van der Waals surface area contributed by atoms with Gasteiger partial charge in [-0.15, -0.1) is 13.2 Å². The molecular formula is C18H18ClF3N2O2. The topological polar surface area (TPSA) is 41.6 Å². The highest BCUT2D eigenvalue weighted by atomic mass is 35.5. The van der Waals surface area contributed by atoms with Gasteiger partial charge in [-0.2, -0.15) is 0 Å². The molecular weight excluding hydrogens is 369 g/mol. The van der Waals surface area contributed by atoms with Gasteiger partial charge in [0, 0.05) is 18.1 Å². The van der Waals surface area contributed by atoms with Gasteiger partial charge in [0.05, 0.1) is 6.54 Å². The summed E-state index contributed by atoms with van der Waals surface area (Å²) in [5.41, 5.74) is 1.71.